The number of nitrogens with one attached hydrogen (secondary N) is 3. The summed E-state index contributed by atoms with van der Waals surface area (Å²) in [6.07, 6.45) is 1.39. The Kier molecular flexibility index (Phi) is 3.98. The number of aromatic amines is 2. The van der Waals surface area contributed by atoms with Crippen molar-refractivity contribution in [3.05, 3.63) is 54.6 Å². The molecule has 2 rings (SSSR count). The van der Waals surface area contributed by atoms with Crippen LogP contribution in [0.4, 0.5) is 5.82 Å². The topological polar surface area (TPSA) is 103 Å². The molecule has 0 fully saturated rings. The summed E-state index contributed by atoms with van der Waals surface area (Å²) in [6.45, 7) is 0. The average molecular weight is 300 g/mol. The number of halogens is 2. The highest BCUT2D eigenvalue weighted by atomic mass is 35.5. The lowest BCUT2D eigenvalue weighted by atomic mass is 10.2. The van der Waals surface area contributed by atoms with E-state index in [-0.39, 0.29) is 5.82 Å². The third kappa shape index (κ3) is 3.43. The first kappa shape index (κ1) is 13.3. The van der Waals surface area contributed by atoms with E-state index < -0.39 is 11.2 Å². The average Bonchev–Trinajstić information content (AvgIpc) is 2.34. The SMILES string of the molecule is O=c1[nH]nc(N/N=C/c2ccc(Cl)cc2Cl)c(=O)[nH]1. The zero-order valence-electron chi connectivity index (χ0n) is 9.28. The maximum absolute atomic E-state index is 11.3. The molecule has 2 aromatic rings. The molecule has 0 aliphatic heterocycles. The van der Waals surface area contributed by atoms with E-state index in [2.05, 4.69) is 20.7 Å². The smallest absolute Gasteiger partial charge is 0.270 e. The van der Waals surface area contributed by atoms with Crippen molar-refractivity contribution in [2.24, 2.45) is 5.10 Å². The largest absolute Gasteiger partial charge is 0.342 e. The summed E-state index contributed by atoms with van der Waals surface area (Å²) in [5, 5.41) is 10.3. The number of benzene rings is 1. The van der Waals surface area contributed by atoms with E-state index in [0.29, 0.717) is 15.6 Å². The molecule has 0 bridgehead atoms. The zero-order chi connectivity index (χ0) is 13.8. The van der Waals surface area contributed by atoms with Gasteiger partial charge in [-0.2, -0.15) is 5.10 Å². The quantitative estimate of drug-likeness (QED) is 0.585. The Morgan fingerprint density at radius 3 is 2.79 bits per heavy atom. The second-order valence-electron chi connectivity index (χ2n) is 3.39. The highest BCUT2D eigenvalue weighted by Gasteiger charge is 2.00. The highest BCUT2D eigenvalue weighted by Crippen LogP contribution is 2.19. The van der Waals surface area contributed by atoms with Crippen molar-refractivity contribution >= 4 is 35.2 Å². The second kappa shape index (κ2) is 5.68. The van der Waals surface area contributed by atoms with Gasteiger partial charge >= 0.3 is 5.69 Å². The minimum atomic E-state index is -0.694. The molecule has 0 unspecified atom stereocenters. The van der Waals surface area contributed by atoms with Gasteiger partial charge in [-0.3, -0.25) is 15.2 Å². The minimum Gasteiger partial charge on any atom is -0.270 e. The van der Waals surface area contributed by atoms with Crippen molar-refractivity contribution < 1.29 is 0 Å². The Balaban J connectivity index is 2.15. The van der Waals surface area contributed by atoms with Crippen molar-refractivity contribution in [3.63, 3.8) is 0 Å². The Bertz CT molecular complexity index is 737. The molecule has 0 atom stereocenters. The van der Waals surface area contributed by atoms with Crippen LogP contribution in [-0.4, -0.2) is 21.4 Å². The van der Waals surface area contributed by atoms with E-state index in [9.17, 15) is 9.59 Å². The fourth-order valence-electron chi connectivity index (χ4n) is 1.19. The van der Waals surface area contributed by atoms with Crippen LogP contribution in [0, 0.1) is 0 Å². The fourth-order valence-corrected chi connectivity index (χ4v) is 1.65. The van der Waals surface area contributed by atoms with Crippen LogP contribution in [-0.2, 0) is 0 Å². The van der Waals surface area contributed by atoms with Crippen molar-refractivity contribution in [3.8, 4) is 0 Å². The summed E-state index contributed by atoms with van der Waals surface area (Å²) in [7, 11) is 0. The van der Waals surface area contributed by atoms with E-state index in [1.807, 2.05) is 4.98 Å². The molecule has 7 nitrogen and oxygen atoms in total. The van der Waals surface area contributed by atoms with Crippen LogP contribution in [0.2, 0.25) is 10.0 Å². The Labute approximate surface area is 116 Å². The normalized spacial score (nSPS) is 10.8. The van der Waals surface area contributed by atoms with Gasteiger partial charge in [0.2, 0.25) is 5.82 Å². The van der Waals surface area contributed by atoms with Crippen molar-refractivity contribution in [1.82, 2.24) is 15.2 Å². The third-order valence-electron chi connectivity index (χ3n) is 2.05. The minimum absolute atomic E-state index is 0.138. The molecule has 1 heterocycles. The maximum Gasteiger partial charge on any atom is 0.342 e. The van der Waals surface area contributed by atoms with E-state index in [1.165, 1.54) is 6.21 Å². The lowest BCUT2D eigenvalue weighted by Crippen LogP contribution is -2.25. The summed E-state index contributed by atoms with van der Waals surface area (Å²) in [5.74, 6) is -0.138. The highest BCUT2D eigenvalue weighted by molar-refractivity contribution is 6.36. The lowest BCUT2D eigenvalue weighted by Gasteiger charge is -1.99. The van der Waals surface area contributed by atoms with Gasteiger partial charge in [-0.15, -0.1) is 5.10 Å². The van der Waals surface area contributed by atoms with Gasteiger partial charge < -0.3 is 0 Å². The number of hydrazone groups is 1. The monoisotopic (exact) mass is 299 g/mol. The molecule has 3 N–H and O–H groups in total. The van der Waals surface area contributed by atoms with Crippen LogP contribution in [0.3, 0.4) is 0 Å². The second-order valence-corrected chi connectivity index (χ2v) is 4.23. The van der Waals surface area contributed by atoms with Gasteiger partial charge in [-0.05, 0) is 12.1 Å². The summed E-state index contributed by atoms with van der Waals surface area (Å²) in [5.41, 5.74) is 1.62. The fraction of sp³-hybridized carbons (Fsp3) is 0. The van der Waals surface area contributed by atoms with E-state index in [1.54, 1.807) is 18.2 Å². The zero-order valence-corrected chi connectivity index (χ0v) is 10.8. The number of rotatable bonds is 3. The van der Waals surface area contributed by atoms with Crippen molar-refractivity contribution in [2.45, 2.75) is 0 Å². The predicted octanol–water partition coefficient (Wildman–Crippen LogP) is 1.21. The molecule has 0 radical (unpaired) electrons. The van der Waals surface area contributed by atoms with Gasteiger partial charge in [0.05, 0.1) is 11.2 Å². The molecule has 0 amide bonds. The molecule has 1 aromatic heterocycles. The molecule has 1 aromatic carbocycles. The summed E-state index contributed by atoms with van der Waals surface area (Å²) >= 11 is 11.7. The predicted molar refractivity (Wildman–Crippen MR) is 73.2 cm³/mol. The molecule has 0 saturated heterocycles. The van der Waals surface area contributed by atoms with Crippen LogP contribution in [0.15, 0.2) is 32.9 Å². The van der Waals surface area contributed by atoms with Gasteiger partial charge in [0.15, 0.2) is 0 Å². The van der Waals surface area contributed by atoms with Gasteiger partial charge in [0.1, 0.15) is 0 Å². The maximum atomic E-state index is 11.3. The standard InChI is InChI=1S/C10H7Cl2N5O2/c11-6-2-1-5(7(12)3-6)4-13-15-8-9(18)14-10(19)17-16-8/h1-4H,(H,15,16)(H2,14,17,18,19)/b13-4+. The Morgan fingerprint density at radius 1 is 1.32 bits per heavy atom. The van der Waals surface area contributed by atoms with Crippen LogP contribution in [0.1, 0.15) is 5.56 Å². The van der Waals surface area contributed by atoms with Gasteiger partial charge in [0, 0.05) is 10.6 Å². The van der Waals surface area contributed by atoms with Gasteiger partial charge in [0.25, 0.3) is 5.56 Å². The molecule has 0 aliphatic rings. The lowest BCUT2D eigenvalue weighted by molar-refractivity contribution is 0.890. The van der Waals surface area contributed by atoms with Crippen molar-refractivity contribution in [2.75, 3.05) is 5.43 Å². The van der Waals surface area contributed by atoms with E-state index in [4.69, 9.17) is 23.2 Å². The van der Waals surface area contributed by atoms with E-state index >= 15 is 0 Å². The molecular formula is C10H7Cl2N5O2. The molecule has 98 valence electrons. The van der Waals surface area contributed by atoms with Crippen molar-refractivity contribution in [1.29, 1.82) is 0 Å². The molecule has 9 heteroatoms. The number of hydrogen-bond acceptors (Lipinski definition) is 5. The summed E-state index contributed by atoms with van der Waals surface area (Å²) in [4.78, 5) is 24.0. The van der Waals surface area contributed by atoms with Crippen LogP contribution >= 0.6 is 23.2 Å². The van der Waals surface area contributed by atoms with E-state index in [0.717, 1.165) is 0 Å². The first-order chi connectivity index (χ1) is 9.06. The summed E-state index contributed by atoms with van der Waals surface area (Å²) in [6, 6.07) is 4.88. The molecular weight excluding hydrogens is 293 g/mol. The molecule has 0 saturated carbocycles. The van der Waals surface area contributed by atoms with Crippen LogP contribution < -0.4 is 16.7 Å². The first-order valence-corrected chi connectivity index (χ1v) is 5.75. The number of hydrogen-bond donors (Lipinski definition) is 3. The van der Waals surface area contributed by atoms with Crippen LogP contribution in [0.5, 0.6) is 0 Å². The Morgan fingerprint density at radius 2 is 2.11 bits per heavy atom. The number of nitrogens with zero attached hydrogens (tertiary/aromatic N) is 2. The first-order valence-electron chi connectivity index (χ1n) is 4.99. The number of anilines is 1. The number of H-pyrrole nitrogens is 2. The molecule has 0 aliphatic carbocycles. The summed E-state index contributed by atoms with van der Waals surface area (Å²) < 4.78 is 0. The molecule has 19 heavy (non-hydrogen) atoms. The molecule has 0 spiro atoms. The number of aromatic nitrogens is 3. The van der Waals surface area contributed by atoms with Crippen LogP contribution in [0.25, 0.3) is 0 Å². The van der Waals surface area contributed by atoms with Gasteiger partial charge in [-0.1, -0.05) is 29.3 Å². The van der Waals surface area contributed by atoms with Gasteiger partial charge in [-0.25, -0.2) is 9.89 Å². The Hall–Kier alpha value is -2.12. The third-order valence-corrected chi connectivity index (χ3v) is 2.61.